The monoisotopic (exact) mass is 683 g/mol. The first-order valence-corrected chi connectivity index (χ1v) is 17.5. The number of hydrogen-bond acceptors (Lipinski definition) is 6. The van der Waals surface area contributed by atoms with E-state index in [0.717, 1.165) is 5.56 Å². The highest BCUT2D eigenvalue weighted by Gasteiger charge is 2.74. The minimum Gasteiger partial charge on any atom is -0.494 e. The number of carbonyl (C=O) groups excluding carboxylic acids is 3. The molecule has 1 unspecified atom stereocenters. The number of amides is 3. The van der Waals surface area contributed by atoms with Gasteiger partial charge in [0.2, 0.25) is 11.8 Å². The first-order chi connectivity index (χ1) is 23.2. The Bertz CT molecular complexity index is 1770. The van der Waals surface area contributed by atoms with Crippen molar-refractivity contribution in [2.45, 2.75) is 41.8 Å². The highest BCUT2D eigenvalue weighted by Crippen LogP contribution is 2.66. The van der Waals surface area contributed by atoms with Gasteiger partial charge in [0.25, 0.3) is 5.91 Å². The van der Waals surface area contributed by atoms with Gasteiger partial charge in [0.1, 0.15) is 11.8 Å². The minimum atomic E-state index is -1.05. The van der Waals surface area contributed by atoms with E-state index in [1.807, 2.05) is 92.7 Å². The summed E-state index contributed by atoms with van der Waals surface area (Å²) in [5.74, 6) is -1.60. The molecule has 10 heteroatoms. The largest absolute Gasteiger partial charge is 0.494 e. The van der Waals surface area contributed by atoms with Gasteiger partial charge in [-0.3, -0.25) is 14.4 Å². The lowest BCUT2D eigenvalue weighted by molar-refractivity contribution is -0.142. The lowest BCUT2D eigenvalue weighted by atomic mass is 9.74. The molecule has 1 N–H and O–H groups in total. The number of anilines is 2. The molecule has 0 bridgehead atoms. The molecule has 48 heavy (non-hydrogen) atoms. The van der Waals surface area contributed by atoms with Crippen LogP contribution < -0.4 is 14.5 Å². The van der Waals surface area contributed by atoms with Crippen LogP contribution >= 0.6 is 23.4 Å². The van der Waals surface area contributed by atoms with Crippen LogP contribution in [0.3, 0.4) is 0 Å². The molecule has 0 aliphatic carbocycles. The van der Waals surface area contributed by atoms with Crippen molar-refractivity contribution in [3.8, 4) is 5.75 Å². The fraction of sp³-hybridized carbons (Fsp3) is 0.342. The summed E-state index contributed by atoms with van der Waals surface area (Å²) in [7, 11) is 0. The van der Waals surface area contributed by atoms with E-state index >= 15 is 4.79 Å². The van der Waals surface area contributed by atoms with Gasteiger partial charge in [-0.1, -0.05) is 66.2 Å². The number of benzene rings is 3. The van der Waals surface area contributed by atoms with Crippen molar-refractivity contribution in [1.29, 1.82) is 0 Å². The van der Waals surface area contributed by atoms with Gasteiger partial charge >= 0.3 is 0 Å². The molecule has 6 atom stereocenters. The Kier molecular flexibility index (Phi) is 8.64. The van der Waals surface area contributed by atoms with Gasteiger partial charge in [0, 0.05) is 34.2 Å². The number of carbonyl (C=O) groups is 3. The van der Waals surface area contributed by atoms with Gasteiger partial charge in [-0.25, -0.2) is 0 Å². The zero-order valence-corrected chi connectivity index (χ0v) is 28.4. The normalized spacial score (nSPS) is 28.5. The van der Waals surface area contributed by atoms with Crippen LogP contribution in [0.5, 0.6) is 5.75 Å². The maximum absolute atomic E-state index is 15.1. The van der Waals surface area contributed by atoms with Crippen molar-refractivity contribution in [2.75, 3.05) is 36.1 Å². The Hall–Kier alpha value is -4.05. The van der Waals surface area contributed by atoms with Gasteiger partial charge in [0.15, 0.2) is 0 Å². The van der Waals surface area contributed by atoms with E-state index in [2.05, 4.69) is 0 Å². The third kappa shape index (κ3) is 5.32. The van der Waals surface area contributed by atoms with Crippen LogP contribution in [0, 0.1) is 11.8 Å². The molecule has 4 aliphatic rings. The second-order valence-electron chi connectivity index (χ2n) is 12.9. The smallest absolute Gasteiger partial charge is 0.251 e. The third-order valence-electron chi connectivity index (χ3n) is 10.0. The number of hydrogen-bond donors (Lipinski definition) is 1. The first kappa shape index (κ1) is 32.5. The van der Waals surface area contributed by atoms with Crippen molar-refractivity contribution in [3.63, 3.8) is 0 Å². The van der Waals surface area contributed by atoms with Crippen LogP contribution in [0.2, 0.25) is 5.02 Å². The summed E-state index contributed by atoms with van der Waals surface area (Å²) in [6.07, 6.45) is 8.34. The molecule has 4 heterocycles. The molecular weight excluding hydrogens is 646 g/mol. The lowest BCUT2D eigenvalue weighted by Crippen LogP contribution is -2.57. The van der Waals surface area contributed by atoms with Gasteiger partial charge in [-0.15, -0.1) is 11.8 Å². The molecule has 2 saturated heterocycles. The van der Waals surface area contributed by atoms with E-state index in [4.69, 9.17) is 16.3 Å². The molecule has 3 amide bonds. The van der Waals surface area contributed by atoms with Crippen LogP contribution in [0.25, 0.3) is 0 Å². The number of aliphatic hydroxyl groups is 1. The van der Waals surface area contributed by atoms with Crippen molar-refractivity contribution in [2.24, 2.45) is 11.8 Å². The van der Waals surface area contributed by atoms with Gasteiger partial charge in [-0.05, 0) is 74.4 Å². The fourth-order valence-corrected chi connectivity index (χ4v) is 10.2. The van der Waals surface area contributed by atoms with Crippen LogP contribution in [0.4, 0.5) is 11.4 Å². The number of aliphatic hydroxyl groups excluding tert-OH is 1. The summed E-state index contributed by atoms with van der Waals surface area (Å²) in [5, 5.41) is 11.4. The highest BCUT2D eigenvalue weighted by molar-refractivity contribution is 8.02. The zero-order chi connectivity index (χ0) is 33.6. The molecule has 3 aromatic carbocycles. The molecule has 4 aliphatic heterocycles. The van der Waals surface area contributed by atoms with Gasteiger partial charge in [0.05, 0.1) is 35.8 Å². The predicted octanol–water partition coefficient (Wildman–Crippen LogP) is 5.54. The molecule has 8 nitrogen and oxygen atoms in total. The van der Waals surface area contributed by atoms with Gasteiger partial charge in [-0.2, -0.15) is 0 Å². The van der Waals surface area contributed by atoms with Crippen molar-refractivity contribution in [1.82, 2.24) is 4.90 Å². The van der Waals surface area contributed by atoms with E-state index in [1.54, 1.807) is 39.0 Å². The summed E-state index contributed by atoms with van der Waals surface area (Å²) < 4.78 is 3.81. The zero-order valence-electron chi connectivity index (χ0n) is 26.9. The van der Waals surface area contributed by atoms with Crippen LogP contribution in [-0.4, -0.2) is 75.6 Å². The summed E-state index contributed by atoms with van der Waals surface area (Å²) in [5.41, 5.74) is 2.31. The average Bonchev–Trinajstić information content (AvgIpc) is 3.36. The molecule has 0 radical (unpaired) electrons. The summed E-state index contributed by atoms with van der Waals surface area (Å²) in [6.45, 7) is 4.77. The molecule has 2 fully saturated rings. The number of likely N-dealkylation sites (tertiary alicyclic amines) is 1. The molecular formula is C38H38ClN3O5S. The minimum absolute atomic E-state index is 0.168. The Morgan fingerprint density at radius 1 is 0.854 bits per heavy atom. The molecule has 0 aromatic heterocycles. The Morgan fingerprint density at radius 2 is 1.48 bits per heavy atom. The number of rotatable bonds is 8. The molecule has 248 valence electrons. The number of nitrogens with zero attached hydrogens (tertiary/aromatic N) is 3. The van der Waals surface area contributed by atoms with Crippen molar-refractivity contribution >= 4 is 52.5 Å². The van der Waals surface area contributed by atoms with E-state index in [1.165, 1.54) is 11.8 Å². The standard InChI is InChI=1S/C38H38ClN3O5S/c1-3-47-30-17-15-28(16-18-30)40-21-7-19-37(2)31(34(40)44)32-35(45)42(29(24-43)23-25-9-5-4-6-10-25)33-36(46)41(22-8-20-38(32,33)48-37)27-13-11-26(39)12-14-27/h4-20,29,31-33,43H,3,21-24H2,1-2H3/t29-,31-,32+,33?,37+,38+/m1/s1. The van der Waals surface area contributed by atoms with Crippen molar-refractivity contribution < 1.29 is 24.2 Å². The number of thioether (sulfide) groups is 1. The van der Waals surface area contributed by atoms with Crippen LogP contribution in [0.15, 0.2) is 103 Å². The summed E-state index contributed by atoms with van der Waals surface area (Å²) in [4.78, 5) is 49.8. The van der Waals surface area contributed by atoms with E-state index in [-0.39, 0.29) is 24.3 Å². The van der Waals surface area contributed by atoms with E-state index in [9.17, 15) is 14.7 Å². The Balaban J connectivity index is 1.34. The van der Waals surface area contributed by atoms with Crippen LogP contribution in [0.1, 0.15) is 19.4 Å². The second-order valence-corrected chi connectivity index (χ2v) is 15.1. The molecule has 3 aromatic rings. The molecule has 7 rings (SSSR count). The van der Waals surface area contributed by atoms with E-state index < -0.39 is 33.4 Å². The second kappa shape index (κ2) is 12.8. The number of halogens is 1. The molecule has 1 spiro atoms. The number of fused-ring (bicyclic) bond motifs is 2. The fourth-order valence-electron chi connectivity index (χ4n) is 7.97. The van der Waals surface area contributed by atoms with Crippen molar-refractivity contribution in [3.05, 3.63) is 114 Å². The third-order valence-corrected chi connectivity index (χ3v) is 12.1. The maximum Gasteiger partial charge on any atom is 0.251 e. The van der Waals surface area contributed by atoms with Gasteiger partial charge < -0.3 is 24.5 Å². The summed E-state index contributed by atoms with van der Waals surface area (Å²) in [6, 6.07) is 22.5. The van der Waals surface area contributed by atoms with Crippen LogP contribution in [-0.2, 0) is 20.8 Å². The predicted molar refractivity (Wildman–Crippen MR) is 189 cm³/mol. The Labute approximate surface area is 290 Å². The number of ether oxygens (including phenoxy) is 1. The lowest BCUT2D eigenvalue weighted by Gasteiger charge is -2.39. The topological polar surface area (TPSA) is 90.4 Å². The quantitative estimate of drug-likeness (QED) is 0.314. The Morgan fingerprint density at radius 3 is 2.12 bits per heavy atom. The highest BCUT2D eigenvalue weighted by atomic mass is 35.5. The SMILES string of the molecule is CCOc1ccc(N2CC=C[C@]3(C)S[C@]45C=CCN(c6ccc(Cl)cc6)C(=O)C4N([C@@H](CO)Cc4ccccc4)C(=O)[C@@H]5[C@@H]3C2=O)cc1. The molecule has 0 saturated carbocycles. The maximum atomic E-state index is 15.1. The van der Waals surface area contributed by atoms with E-state index in [0.29, 0.717) is 48.3 Å². The first-order valence-electron chi connectivity index (χ1n) is 16.3. The summed E-state index contributed by atoms with van der Waals surface area (Å²) >= 11 is 7.73. The average molecular weight is 684 g/mol.